The second kappa shape index (κ2) is 6.84. The van der Waals surface area contributed by atoms with Crippen LogP contribution in [0.15, 0.2) is 18.2 Å². The summed E-state index contributed by atoms with van der Waals surface area (Å²) in [4.78, 5) is 13.5. The van der Waals surface area contributed by atoms with Crippen LogP contribution >= 0.6 is 12.2 Å². The van der Waals surface area contributed by atoms with Gasteiger partial charge in [-0.15, -0.1) is 0 Å². The number of benzene rings is 1. The molecule has 0 atom stereocenters. The van der Waals surface area contributed by atoms with Crippen molar-refractivity contribution in [3.05, 3.63) is 35.1 Å². The molecule has 2 N–H and O–H groups in total. The van der Waals surface area contributed by atoms with Gasteiger partial charge in [0.15, 0.2) is 0 Å². The van der Waals surface area contributed by atoms with Crippen molar-refractivity contribution in [2.24, 2.45) is 5.73 Å². The van der Waals surface area contributed by atoms with Gasteiger partial charge in [-0.25, -0.2) is 4.39 Å². The fraction of sp³-hybridized carbons (Fsp3) is 0.385. The highest BCUT2D eigenvalue weighted by Gasteiger charge is 2.35. The summed E-state index contributed by atoms with van der Waals surface area (Å²) >= 11 is 4.70. The summed E-state index contributed by atoms with van der Waals surface area (Å²) in [6.07, 6.45) is -4.28. The fourth-order valence-corrected chi connectivity index (χ4v) is 1.92. The zero-order valence-electron chi connectivity index (χ0n) is 11.2. The lowest BCUT2D eigenvalue weighted by Gasteiger charge is -2.22. The first-order valence-corrected chi connectivity index (χ1v) is 6.52. The molecule has 0 radical (unpaired) electrons. The van der Waals surface area contributed by atoms with Gasteiger partial charge in [-0.05, 0) is 24.6 Å². The number of amides is 1. The van der Waals surface area contributed by atoms with Crippen LogP contribution < -0.4 is 5.73 Å². The molecule has 8 heteroatoms. The standard InChI is InChI=1S/C13H14F4N2OS/c1-2-5-19(7-11(18)21)12(20)8-3-4-10(14)9(6-8)13(15,16)17/h3-4,6H,2,5,7H2,1H3,(H2,18,21). The number of carbonyl (C=O) groups is 1. The van der Waals surface area contributed by atoms with Crippen LogP contribution in [0.25, 0.3) is 0 Å². The fourth-order valence-electron chi connectivity index (χ4n) is 1.77. The van der Waals surface area contributed by atoms with Gasteiger partial charge in [0.1, 0.15) is 5.82 Å². The third-order valence-corrected chi connectivity index (χ3v) is 2.78. The van der Waals surface area contributed by atoms with Crippen molar-refractivity contribution in [2.45, 2.75) is 19.5 Å². The summed E-state index contributed by atoms with van der Waals surface area (Å²) in [6, 6.07) is 2.13. The molecule has 0 aromatic heterocycles. The van der Waals surface area contributed by atoms with Gasteiger partial charge in [-0.3, -0.25) is 4.79 Å². The molecule has 21 heavy (non-hydrogen) atoms. The van der Waals surface area contributed by atoms with Gasteiger partial charge in [0.25, 0.3) is 5.91 Å². The van der Waals surface area contributed by atoms with E-state index in [9.17, 15) is 22.4 Å². The smallest absolute Gasteiger partial charge is 0.392 e. The van der Waals surface area contributed by atoms with Crippen LogP contribution in [0.1, 0.15) is 29.3 Å². The van der Waals surface area contributed by atoms with Crippen molar-refractivity contribution >= 4 is 23.1 Å². The molecule has 0 unspecified atom stereocenters. The molecule has 1 aromatic carbocycles. The van der Waals surface area contributed by atoms with Gasteiger partial charge in [-0.2, -0.15) is 13.2 Å². The molecule has 0 aliphatic rings. The first kappa shape index (κ1) is 17.4. The first-order chi connectivity index (χ1) is 9.66. The third-order valence-electron chi connectivity index (χ3n) is 2.65. The third kappa shape index (κ3) is 4.66. The van der Waals surface area contributed by atoms with Crippen molar-refractivity contribution in [2.75, 3.05) is 13.1 Å². The van der Waals surface area contributed by atoms with E-state index >= 15 is 0 Å². The average Bonchev–Trinajstić information content (AvgIpc) is 2.36. The summed E-state index contributed by atoms with van der Waals surface area (Å²) in [7, 11) is 0. The molecule has 0 fully saturated rings. The molecule has 0 saturated carbocycles. The van der Waals surface area contributed by atoms with Crippen LogP contribution in [0.5, 0.6) is 0 Å². The number of rotatable bonds is 5. The maximum absolute atomic E-state index is 13.2. The first-order valence-electron chi connectivity index (χ1n) is 6.11. The highest BCUT2D eigenvalue weighted by atomic mass is 32.1. The van der Waals surface area contributed by atoms with E-state index in [-0.39, 0.29) is 23.6 Å². The zero-order valence-corrected chi connectivity index (χ0v) is 12.0. The Morgan fingerprint density at radius 3 is 2.48 bits per heavy atom. The average molecular weight is 322 g/mol. The van der Waals surface area contributed by atoms with E-state index in [0.29, 0.717) is 18.6 Å². The van der Waals surface area contributed by atoms with Crippen LogP contribution in [-0.4, -0.2) is 28.9 Å². The van der Waals surface area contributed by atoms with Gasteiger partial charge in [0.05, 0.1) is 17.1 Å². The SMILES string of the molecule is CCCN(CC(N)=S)C(=O)c1ccc(F)c(C(F)(F)F)c1. The molecule has 0 aliphatic carbocycles. The minimum atomic E-state index is -4.86. The summed E-state index contributed by atoms with van der Waals surface area (Å²) in [5.41, 5.74) is 3.63. The predicted octanol–water partition coefficient (Wildman–Crippen LogP) is 2.98. The Kier molecular flexibility index (Phi) is 5.65. The molecular formula is C13H14F4N2OS. The second-order valence-corrected chi connectivity index (χ2v) is 4.91. The van der Waals surface area contributed by atoms with E-state index in [4.69, 9.17) is 18.0 Å². The molecule has 3 nitrogen and oxygen atoms in total. The molecule has 0 aliphatic heterocycles. The van der Waals surface area contributed by atoms with Gasteiger partial charge in [-0.1, -0.05) is 19.1 Å². The topological polar surface area (TPSA) is 46.3 Å². The van der Waals surface area contributed by atoms with E-state index in [2.05, 4.69) is 0 Å². The van der Waals surface area contributed by atoms with E-state index in [0.717, 1.165) is 6.07 Å². The monoisotopic (exact) mass is 322 g/mol. The largest absolute Gasteiger partial charge is 0.419 e. The number of halogens is 4. The molecular weight excluding hydrogens is 308 g/mol. The Morgan fingerprint density at radius 2 is 2.00 bits per heavy atom. The normalized spacial score (nSPS) is 11.3. The number of alkyl halides is 3. The molecule has 0 spiro atoms. The second-order valence-electron chi connectivity index (χ2n) is 4.39. The lowest BCUT2D eigenvalue weighted by atomic mass is 10.1. The van der Waals surface area contributed by atoms with E-state index < -0.39 is 23.5 Å². The minimum Gasteiger partial charge on any atom is -0.392 e. The molecule has 1 aromatic rings. The van der Waals surface area contributed by atoms with Gasteiger partial charge < -0.3 is 10.6 Å². The van der Waals surface area contributed by atoms with Crippen LogP contribution in [0.4, 0.5) is 17.6 Å². The molecule has 0 bridgehead atoms. The van der Waals surface area contributed by atoms with Crippen molar-refractivity contribution < 1.29 is 22.4 Å². The Bertz CT molecular complexity index is 545. The molecule has 1 rings (SSSR count). The lowest BCUT2D eigenvalue weighted by Crippen LogP contribution is -2.38. The van der Waals surface area contributed by atoms with Crippen LogP contribution in [0.3, 0.4) is 0 Å². The number of carbonyl (C=O) groups excluding carboxylic acids is 1. The Hall–Kier alpha value is -1.70. The summed E-state index contributed by atoms with van der Waals surface area (Å²) in [6.45, 7) is 2.04. The Balaban J connectivity index is 3.13. The number of hydrogen-bond donors (Lipinski definition) is 1. The highest BCUT2D eigenvalue weighted by Crippen LogP contribution is 2.32. The van der Waals surface area contributed by atoms with E-state index in [1.54, 1.807) is 6.92 Å². The highest BCUT2D eigenvalue weighted by molar-refractivity contribution is 7.80. The molecule has 0 saturated heterocycles. The summed E-state index contributed by atoms with van der Waals surface area (Å²) in [5.74, 6) is -2.09. The van der Waals surface area contributed by atoms with Gasteiger partial charge in [0, 0.05) is 12.1 Å². The van der Waals surface area contributed by atoms with Gasteiger partial charge >= 0.3 is 6.18 Å². The van der Waals surface area contributed by atoms with Crippen molar-refractivity contribution in [1.82, 2.24) is 4.90 Å². The summed E-state index contributed by atoms with van der Waals surface area (Å²) < 4.78 is 51.1. The number of thiocarbonyl (C=S) groups is 1. The van der Waals surface area contributed by atoms with Crippen molar-refractivity contribution in [1.29, 1.82) is 0 Å². The quantitative estimate of drug-likeness (QED) is 0.670. The number of hydrogen-bond acceptors (Lipinski definition) is 2. The van der Waals surface area contributed by atoms with E-state index in [1.165, 1.54) is 4.90 Å². The maximum atomic E-state index is 13.2. The lowest BCUT2D eigenvalue weighted by molar-refractivity contribution is -0.140. The number of nitrogens with two attached hydrogens (primary N) is 1. The zero-order chi connectivity index (χ0) is 16.2. The van der Waals surface area contributed by atoms with Crippen LogP contribution in [0.2, 0.25) is 0 Å². The maximum Gasteiger partial charge on any atom is 0.419 e. The van der Waals surface area contributed by atoms with Crippen molar-refractivity contribution in [3.63, 3.8) is 0 Å². The Labute approximate surface area is 124 Å². The van der Waals surface area contributed by atoms with Gasteiger partial charge in [0.2, 0.25) is 0 Å². The minimum absolute atomic E-state index is 0.0409. The van der Waals surface area contributed by atoms with Crippen molar-refractivity contribution in [3.8, 4) is 0 Å². The van der Waals surface area contributed by atoms with Crippen LogP contribution in [-0.2, 0) is 6.18 Å². The number of nitrogens with zero attached hydrogens (tertiary/aromatic N) is 1. The van der Waals surface area contributed by atoms with Crippen LogP contribution in [0, 0.1) is 5.82 Å². The molecule has 1 amide bonds. The van der Waals surface area contributed by atoms with E-state index in [1.807, 2.05) is 0 Å². The predicted molar refractivity (Wildman–Crippen MR) is 74.4 cm³/mol. The summed E-state index contributed by atoms with van der Waals surface area (Å²) in [5, 5.41) is 0. The molecule has 0 heterocycles. The molecule has 116 valence electrons. The Morgan fingerprint density at radius 1 is 1.38 bits per heavy atom.